The van der Waals surface area contributed by atoms with E-state index in [1.165, 1.54) is 18.2 Å². The lowest BCUT2D eigenvalue weighted by atomic mass is 10.1. The first-order chi connectivity index (χ1) is 11.3. The Kier molecular flexibility index (Phi) is 5.53. The first-order valence-corrected chi connectivity index (χ1v) is 7.90. The molecule has 0 aliphatic rings. The van der Waals surface area contributed by atoms with Crippen LogP contribution in [0, 0.1) is 0 Å². The summed E-state index contributed by atoms with van der Waals surface area (Å²) in [4.78, 5) is 0.376. The van der Waals surface area contributed by atoms with Gasteiger partial charge in [0.15, 0.2) is 28.7 Å². The standard InChI is InChI=1S/C16H14BrNO5S/c17-14-9(1-3-10(19)16(14)23)2-4-13(24)18-7-8-5-11(20)15(22)12(21)6-8/h1-6,19-23H,7H2,(H,18,24). The highest BCUT2D eigenvalue weighted by atomic mass is 79.9. The largest absolute Gasteiger partial charge is 0.504 e. The van der Waals surface area contributed by atoms with E-state index in [4.69, 9.17) is 12.2 Å². The highest BCUT2D eigenvalue weighted by molar-refractivity contribution is 9.10. The van der Waals surface area contributed by atoms with Crippen LogP contribution in [0.5, 0.6) is 28.7 Å². The summed E-state index contributed by atoms with van der Waals surface area (Å²) < 4.78 is 0.343. The van der Waals surface area contributed by atoms with Gasteiger partial charge in [-0.15, -0.1) is 0 Å². The number of halogens is 1. The number of nitrogens with one attached hydrogen (secondary N) is 1. The van der Waals surface area contributed by atoms with E-state index in [0.29, 0.717) is 20.6 Å². The summed E-state index contributed by atoms with van der Waals surface area (Å²) in [5.74, 6) is -1.90. The molecule has 0 aliphatic heterocycles. The average Bonchev–Trinajstić information content (AvgIpc) is 2.55. The van der Waals surface area contributed by atoms with E-state index in [9.17, 15) is 25.5 Å². The van der Waals surface area contributed by atoms with Gasteiger partial charge in [0, 0.05) is 6.54 Å². The molecule has 2 aromatic rings. The summed E-state index contributed by atoms with van der Waals surface area (Å²) in [6.45, 7) is 0.229. The third kappa shape index (κ3) is 4.09. The zero-order chi connectivity index (χ0) is 17.9. The Balaban J connectivity index is 2.03. The van der Waals surface area contributed by atoms with E-state index in [0.717, 1.165) is 0 Å². The van der Waals surface area contributed by atoms with Crippen LogP contribution in [0.25, 0.3) is 6.08 Å². The van der Waals surface area contributed by atoms with Crippen molar-refractivity contribution in [1.29, 1.82) is 0 Å². The van der Waals surface area contributed by atoms with Gasteiger partial charge in [0.25, 0.3) is 0 Å². The fraction of sp³-hybridized carbons (Fsp3) is 0.0625. The predicted molar refractivity (Wildman–Crippen MR) is 97.4 cm³/mol. The summed E-state index contributed by atoms with van der Waals surface area (Å²) in [6, 6.07) is 5.58. The summed E-state index contributed by atoms with van der Waals surface area (Å²) >= 11 is 8.32. The van der Waals surface area contributed by atoms with Crippen LogP contribution < -0.4 is 5.32 Å². The fourth-order valence-corrected chi connectivity index (χ4v) is 2.48. The Hall–Kier alpha value is -2.45. The zero-order valence-corrected chi connectivity index (χ0v) is 14.6. The molecular weight excluding hydrogens is 398 g/mol. The lowest BCUT2D eigenvalue weighted by molar-refractivity contribution is 0.367. The smallest absolute Gasteiger partial charge is 0.200 e. The average molecular weight is 412 g/mol. The van der Waals surface area contributed by atoms with Gasteiger partial charge in [-0.05, 0) is 57.4 Å². The van der Waals surface area contributed by atoms with Gasteiger partial charge in [0.2, 0.25) is 0 Å². The summed E-state index contributed by atoms with van der Waals surface area (Å²) in [7, 11) is 0. The Morgan fingerprint density at radius 1 is 1.00 bits per heavy atom. The second kappa shape index (κ2) is 7.41. The number of aromatic hydroxyl groups is 5. The highest BCUT2D eigenvalue weighted by Crippen LogP contribution is 2.36. The molecule has 0 radical (unpaired) electrons. The number of phenolic OH excluding ortho intramolecular Hbond substituents is 5. The van der Waals surface area contributed by atoms with E-state index >= 15 is 0 Å². The van der Waals surface area contributed by atoms with Crippen molar-refractivity contribution >= 4 is 39.2 Å². The molecule has 0 spiro atoms. The summed E-state index contributed by atoms with van der Waals surface area (Å²) in [5.41, 5.74) is 1.15. The molecule has 126 valence electrons. The van der Waals surface area contributed by atoms with Crippen molar-refractivity contribution in [2.45, 2.75) is 6.54 Å². The van der Waals surface area contributed by atoms with Gasteiger partial charge in [-0.2, -0.15) is 0 Å². The molecule has 6 N–H and O–H groups in total. The molecule has 0 bridgehead atoms. The molecule has 0 aromatic heterocycles. The van der Waals surface area contributed by atoms with E-state index in [-0.39, 0.29) is 18.0 Å². The predicted octanol–water partition coefficient (Wildman–Crippen LogP) is 3.11. The van der Waals surface area contributed by atoms with Gasteiger partial charge in [-0.25, -0.2) is 0 Å². The maximum Gasteiger partial charge on any atom is 0.200 e. The first-order valence-electron chi connectivity index (χ1n) is 6.69. The van der Waals surface area contributed by atoms with E-state index in [1.807, 2.05) is 0 Å². The minimum Gasteiger partial charge on any atom is -0.504 e. The SMILES string of the molecule is Oc1cc(CNC(=S)C=Cc2ccc(O)c(O)c2Br)cc(O)c1O. The quantitative estimate of drug-likeness (QED) is 0.260. The van der Waals surface area contributed by atoms with Gasteiger partial charge >= 0.3 is 0 Å². The number of benzene rings is 2. The third-order valence-electron chi connectivity index (χ3n) is 3.14. The number of hydrogen-bond donors (Lipinski definition) is 6. The van der Waals surface area contributed by atoms with Crippen LogP contribution in [-0.2, 0) is 6.54 Å². The topological polar surface area (TPSA) is 113 Å². The highest BCUT2D eigenvalue weighted by Gasteiger charge is 2.09. The van der Waals surface area contributed by atoms with Crippen LogP contribution in [0.1, 0.15) is 11.1 Å². The van der Waals surface area contributed by atoms with Crippen molar-refractivity contribution in [3.05, 3.63) is 45.9 Å². The second-order valence-electron chi connectivity index (χ2n) is 4.87. The van der Waals surface area contributed by atoms with E-state index in [2.05, 4.69) is 21.2 Å². The van der Waals surface area contributed by atoms with Crippen molar-refractivity contribution in [1.82, 2.24) is 5.32 Å². The zero-order valence-electron chi connectivity index (χ0n) is 12.2. The van der Waals surface area contributed by atoms with Gasteiger partial charge in [0.1, 0.15) is 0 Å². The van der Waals surface area contributed by atoms with Gasteiger partial charge in [-0.1, -0.05) is 18.3 Å². The first kappa shape index (κ1) is 17.9. The summed E-state index contributed by atoms with van der Waals surface area (Å²) in [5, 5.41) is 50.1. The molecule has 8 heteroatoms. The molecule has 0 atom stereocenters. The Morgan fingerprint density at radius 2 is 1.62 bits per heavy atom. The molecule has 0 heterocycles. The lowest BCUT2D eigenvalue weighted by Crippen LogP contribution is -2.18. The monoisotopic (exact) mass is 411 g/mol. The number of thiocarbonyl (C=S) groups is 1. The van der Waals surface area contributed by atoms with E-state index in [1.54, 1.807) is 18.2 Å². The molecule has 24 heavy (non-hydrogen) atoms. The van der Waals surface area contributed by atoms with Crippen molar-refractivity contribution in [2.24, 2.45) is 0 Å². The second-order valence-corrected chi connectivity index (χ2v) is 6.10. The van der Waals surface area contributed by atoms with Crippen LogP contribution >= 0.6 is 28.1 Å². The van der Waals surface area contributed by atoms with Crippen molar-refractivity contribution in [3.8, 4) is 28.7 Å². The molecule has 0 amide bonds. The molecule has 6 nitrogen and oxygen atoms in total. The van der Waals surface area contributed by atoms with Crippen molar-refractivity contribution in [3.63, 3.8) is 0 Å². The molecular formula is C16H14BrNO5S. The molecule has 0 fully saturated rings. The van der Waals surface area contributed by atoms with E-state index < -0.39 is 17.2 Å². The number of rotatable bonds is 4. The van der Waals surface area contributed by atoms with Crippen LogP contribution in [0.15, 0.2) is 34.8 Å². The van der Waals surface area contributed by atoms with Gasteiger partial charge in [-0.3, -0.25) is 0 Å². The molecule has 0 saturated heterocycles. The maximum atomic E-state index is 9.63. The fourth-order valence-electron chi connectivity index (χ4n) is 1.88. The number of phenols is 5. The maximum absolute atomic E-state index is 9.63. The van der Waals surface area contributed by atoms with Gasteiger partial charge < -0.3 is 30.8 Å². The summed E-state index contributed by atoms with van der Waals surface area (Å²) in [6.07, 6.45) is 3.23. The molecule has 2 rings (SSSR count). The lowest BCUT2D eigenvalue weighted by Gasteiger charge is -2.08. The Morgan fingerprint density at radius 3 is 2.25 bits per heavy atom. The molecule has 2 aromatic carbocycles. The Labute approximate surface area is 151 Å². The minimum absolute atomic E-state index is 0.229. The minimum atomic E-state index is -0.571. The van der Waals surface area contributed by atoms with Crippen LogP contribution in [-0.4, -0.2) is 30.5 Å². The molecule has 0 aliphatic carbocycles. The third-order valence-corrected chi connectivity index (χ3v) is 4.25. The Bertz CT molecular complexity index is 799. The van der Waals surface area contributed by atoms with Crippen LogP contribution in [0.3, 0.4) is 0 Å². The molecule has 0 saturated carbocycles. The normalized spacial score (nSPS) is 10.9. The van der Waals surface area contributed by atoms with Crippen LogP contribution in [0.2, 0.25) is 0 Å². The van der Waals surface area contributed by atoms with Crippen LogP contribution in [0.4, 0.5) is 0 Å². The van der Waals surface area contributed by atoms with Crippen molar-refractivity contribution < 1.29 is 25.5 Å². The molecule has 0 unspecified atom stereocenters. The van der Waals surface area contributed by atoms with Crippen molar-refractivity contribution in [2.75, 3.05) is 0 Å². The van der Waals surface area contributed by atoms with Gasteiger partial charge in [0.05, 0.1) is 9.46 Å². The number of hydrogen-bond acceptors (Lipinski definition) is 6.